The number of hydrogen-bond acceptors (Lipinski definition) is 4. The molecule has 0 saturated carbocycles. The summed E-state index contributed by atoms with van der Waals surface area (Å²) in [5.74, 6) is -0.675. The summed E-state index contributed by atoms with van der Waals surface area (Å²) in [4.78, 5) is 26.7. The summed E-state index contributed by atoms with van der Waals surface area (Å²) in [6.45, 7) is 4.04. The molecule has 0 aliphatic rings. The Morgan fingerprint density at radius 2 is 2.00 bits per heavy atom. The van der Waals surface area contributed by atoms with E-state index in [1.54, 1.807) is 29.4 Å². The van der Waals surface area contributed by atoms with E-state index in [0.29, 0.717) is 12.1 Å². The van der Waals surface area contributed by atoms with E-state index >= 15 is 0 Å². The first-order valence-electron chi connectivity index (χ1n) is 6.98. The van der Waals surface area contributed by atoms with Gasteiger partial charge in [-0.1, -0.05) is 23.8 Å². The Morgan fingerprint density at radius 1 is 1.23 bits per heavy atom. The molecule has 22 heavy (non-hydrogen) atoms. The van der Waals surface area contributed by atoms with E-state index in [2.05, 4.69) is 0 Å². The van der Waals surface area contributed by atoms with E-state index in [9.17, 15) is 9.59 Å². The number of carbonyl (C=O) groups excluding carboxylic acids is 2. The number of thiophene rings is 1. The van der Waals surface area contributed by atoms with Crippen LogP contribution in [0.2, 0.25) is 0 Å². The predicted octanol–water partition coefficient (Wildman–Crippen LogP) is 3.18. The third kappa shape index (κ3) is 4.18. The second kappa shape index (κ2) is 7.22. The second-order valence-electron chi connectivity index (χ2n) is 5.22. The zero-order valence-electron chi connectivity index (χ0n) is 13.0. The molecule has 0 unspecified atom stereocenters. The van der Waals surface area contributed by atoms with Crippen molar-refractivity contribution in [2.24, 2.45) is 0 Å². The first kappa shape index (κ1) is 16.2. The van der Waals surface area contributed by atoms with Crippen LogP contribution in [0.25, 0.3) is 0 Å². The smallest absolute Gasteiger partial charge is 0.338 e. The zero-order valence-corrected chi connectivity index (χ0v) is 13.8. The van der Waals surface area contributed by atoms with Crippen LogP contribution in [-0.2, 0) is 16.1 Å². The van der Waals surface area contributed by atoms with Gasteiger partial charge in [-0.15, -0.1) is 11.3 Å². The minimum atomic E-state index is -0.459. The van der Waals surface area contributed by atoms with E-state index < -0.39 is 5.97 Å². The number of hydrogen-bond donors (Lipinski definition) is 0. The molecule has 1 aromatic carbocycles. The third-order valence-corrected chi connectivity index (χ3v) is 4.20. The highest BCUT2D eigenvalue weighted by molar-refractivity contribution is 7.09. The normalized spacial score (nSPS) is 10.3. The van der Waals surface area contributed by atoms with Crippen LogP contribution in [0.3, 0.4) is 0 Å². The monoisotopic (exact) mass is 317 g/mol. The van der Waals surface area contributed by atoms with Gasteiger partial charge in [-0.3, -0.25) is 4.79 Å². The maximum Gasteiger partial charge on any atom is 0.338 e. The van der Waals surface area contributed by atoms with Crippen LogP contribution in [0.1, 0.15) is 26.4 Å². The maximum atomic E-state index is 12.1. The lowest BCUT2D eigenvalue weighted by atomic mass is 10.1. The molecule has 116 valence electrons. The Morgan fingerprint density at radius 3 is 2.68 bits per heavy atom. The average molecular weight is 317 g/mol. The van der Waals surface area contributed by atoms with Crippen LogP contribution < -0.4 is 0 Å². The maximum absolute atomic E-state index is 12.1. The van der Waals surface area contributed by atoms with Crippen LogP contribution in [0.5, 0.6) is 0 Å². The van der Waals surface area contributed by atoms with Crippen LogP contribution in [0.4, 0.5) is 0 Å². The first-order valence-corrected chi connectivity index (χ1v) is 7.86. The molecular formula is C17H19NO3S. The topological polar surface area (TPSA) is 46.6 Å². The number of aryl methyl sites for hydroxylation is 2. The lowest BCUT2D eigenvalue weighted by Crippen LogP contribution is -2.30. The quantitative estimate of drug-likeness (QED) is 0.796. The third-order valence-electron chi connectivity index (χ3n) is 3.34. The van der Waals surface area contributed by atoms with E-state index in [4.69, 9.17) is 4.74 Å². The van der Waals surface area contributed by atoms with Crippen molar-refractivity contribution in [1.29, 1.82) is 0 Å². The van der Waals surface area contributed by atoms with Crippen LogP contribution in [0, 0.1) is 13.8 Å². The number of amides is 1. The molecule has 0 spiro atoms. The molecule has 1 aromatic heterocycles. The van der Waals surface area contributed by atoms with Crippen molar-refractivity contribution in [2.75, 3.05) is 13.7 Å². The van der Waals surface area contributed by atoms with Gasteiger partial charge in [-0.25, -0.2) is 4.79 Å². The van der Waals surface area contributed by atoms with Crippen LogP contribution in [-0.4, -0.2) is 30.4 Å². The average Bonchev–Trinajstić information content (AvgIpc) is 2.99. The van der Waals surface area contributed by atoms with Crippen molar-refractivity contribution in [3.63, 3.8) is 0 Å². The van der Waals surface area contributed by atoms with Crippen LogP contribution >= 0.6 is 11.3 Å². The Labute approximate surface area is 134 Å². The summed E-state index contributed by atoms with van der Waals surface area (Å²) in [6, 6.07) is 9.50. The van der Waals surface area contributed by atoms with E-state index in [1.807, 2.05) is 43.5 Å². The number of esters is 1. The van der Waals surface area contributed by atoms with Gasteiger partial charge in [0.25, 0.3) is 5.91 Å². The molecule has 2 rings (SSSR count). The highest BCUT2D eigenvalue weighted by atomic mass is 32.1. The summed E-state index contributed by atoms with van der Waals surface area (Å²) >= 11 is 1.59. The summed E-state index contributed by atoms with van der Waals surface area (Å²) in [5, 5.41) is 1.97. The highest BCUT2D eigenvalue weighted by Gasteiger charge is 2.15. The van der Waals surface area contributed by atoms with Gasteiger partial charge in [0.15, 0.2) is 6.61 Å². The molecule has 0 atom stereocenters. The predicted molar refractivity (Wildman–Crippen MR) is 87.0 cm³/mol. The Balaban J connectivity index is 1.90. The Kier molecular flexibility index (Phi) is 5.33. The van der Waals surface area contributed by atoms with E-state index in [-0.39, 0.29) is 12.5 Å². The number of carbonyl (C=O) groups is 2. The molecule has 5 heteroatoms. The molecule has 0 saturated heterocycles. The minimum absolute atomic E-state index is 0.216. The first-order chi connectivity index (χ1) is 10.5. The lowest BCUT2D eigenvalue weighted by molar-refractivity contribution is -0.133. The molecule has 0 fully saturated rings. The van der Waals surface area contributed by atoms with Crippen molar-refractivity contribution in [3.05, 3.63) is 57.3 Å². The van der Waals surface area contributed by atoms with Gasteiger partial charge in [-0.05, 0) is 36.9 Å². The molecule has 0 aliphatic carbocycles. The fourth-order valence-electron chi connectivity index (χ4n) is 2.00. The summed E-state index contributed by atoms with van der Waals surface area (Å²) in [5.41, 5.74) is 2.34. The number of nitrogens with zero attached hydrogens (tertiary/aromatic N) is 1. The molecule has 0 radical (unpaired) electrons. The highest BCUT2D eigenvalue weighted by Crippen LogP contribution is 2.13. The summed E-state index contributed by atoms with van der Waals surface area (Å²) < 4.78 is 5.14. The van der Waals surface area contributed by atoms with Gasteiger partial charge < -0.3 is 9.64 Å². The number of rotatable bonds is 5. The summed E-state index contributed by atoms with van der Waals surface area (Å²) in [6.07, 6.45) is 0. The molecule has 1 amide bonds. The molecule has 0 aliphatic heterocycles. The Bertz CT molecular complexity index is 665. The molecule has 0 bridgehead atoms. The second-order valence-corrected chi connectivity index (χ2v) is 6.26. The number of benzene rings is 1. The Hall–Kier alpha value is -2.14. The molecule has 1 heterocycles. The largest absolute Gasteiger partial charge is 0.452 e. The SMILES string of the molecule is Cc1ccc(C)c(C(=O)OCC(=O)N(C)Cc2cccs2)c1. The lowest BCUT2D eigenvalue weighted by Gasteiger charge is -2.16. The molecular weight excluding hydrogens is 298 g/mol. The van der Waals surface area contributed by atoms with Crippen molar-refractivity contribution in [1.82, 2.24) is 4.90 Å². The molecule has 2 aromatic rings. The van der Waals surface area contributed by atoms with Gasteiger partial charge in [0.2, 0.25) is 0 Å². The molecule has 4 nitrogen and oxygen atoms in total. The standard InChI is InChI=1S/C17H19NO3S/c1-12-6-7-13(2)15(9-12)17(20)21-11-16(19)18(3)10-14-5-4-8-22-14/h4-9H,10-11H2,1-3H3. The number of likely N-dealkylation sites (N-methyl/N-ethyl adjacent to an activating group) is 1. The van der Waals surface area contributed by atoms with Gasteiger partial charge >= 0.3 is 5.97 Å². The fraction of sp³-hybridized carbons (Fsp3) is 0.294. The minimum Gasteiger partial charge on any atom is -0.452 e. The number of ether oxygens (including phenoxy) is 1. The van der Waals surface area contributed by atoms with Crippen molar-refractivity contribution < 1.29 is 14.3 Å². The van der Waals surface area contributed by atoms with Crippen molar-refractivity contribution >= 4 is 23.2 Å². The van der Waals surface area contributed by atoms with Gasteiger partial charge in [-0.2, -0.15) is 0 Å². The zero-order chi connectivity index (χ0) is 16.1. The molecule has 0 N–H and O–H groups in total. The van der Waals surface area contributed by atoms with Gasteiger partial charge in [0, 0.05) is 11.9 Å². The van der Waals surface area contributed by atoms with Gasteiger partial charge in [0.05, 0.1) is 12.1 Å². The van der Waals surface area contributed by atoms with Gasteiger partial charge in [0.1, 0.15) is 0 Å². The van der Waals surface area contributed by atoms with Crippen LogP contribution in [0.15, 0.2) is 35.7 Å². The summed E-state index contributed by atoms with van der Waals surface area (Å²) in [7, 11) is 1.70. The van der Waals surface area contributed by atoms with Crippen molar-refractivity contribution in [3.8, 4) is 0 Å². The van der Waals surface area contributed by atoms with E-state index in [1.165, 1.54) is 0 Å². The van der Waals surface area contributed by atoms with E-state index in [0.717, 1.165) is 16.0 Å². The fourth-order valence-corrected chi connectivity index (χ4v) is 2.75. The van der Waals surface area contributed by atoms with Crippen molar-refractivity contribution in [2.45, 2.75) is 20.4 Å².